The molecule has 98 valence electrons. The smallest absolute Gasteiger partial charge is 0.283 e. The molecule has 0 radical (unpaired) electrons. The number of rotatable bonds is 4. The molecule has 2 aromatic rings. The summed E-state index contributed by atoms with van der Waals surface area (Å²) >= 11 is 1.17. The first-order valence-electron chi connectivity index (χ1n) is 5.96. The fraction of sp³-hybridized carbons (Fsp3) is 0.417. The van der Waals surface area contributed by atoms with Crippen LogP contribution in [0.1, 0.15) is 36.6 Å². The molecule has 0 aliphatic carbocycles. The summed E-state index contributed by atoms with van der Waals surface area (Å²) in [5.74, 6) is 0.481. The Morgan fingerprint density at radius 1 is 1.16 bits per heavy atom. The molecular formula is C12H13N5OS. The van der Waals surface area contributed by atoms with Gasteiger partial charge in [-0.1, -0.05) is 13.8 Å². The molecule has 0 atom stereocenters. The first-order chi connectivity index (χ1) is 9.19. The lowest BCUT2D eigenvalue weighted by molar-refractivity contribution is 0.429. The Bertz CT molecular complexity index is 632. The Labute approximate surface area is 115 Å². The van der Waals surface area contributed by atoms with Crippen molar-refractivity contribution < 1.29 is 4.42 Å². The number of aryl methyl sites for hydroxylation is 2. The van der Waals surface area contributed by atoms with Crippen molar-refractivity contribution in [2.45, 2.75) is 43.9 Å². The van der Waals surface area contributed by atoms with Crippen molar-refractivity contribution in [3.8, 4) is 6.07 Å². The topological polar surface area (TPSA) is 88.5 Å². The van der Waals surface area contributed by atoms with Crippen molar-refractivity contribution >= 4 is 11.8 Å². The minimum absolute atomic E-state index is 0.370. The largest absolute Gasteiger partial charge is 0.416 e. The third-order valence-corrected chi connectivity index (χ3v) is 3.44. The van der Waals surface area contributed by atoms with Crippen LogP contribution < -0.4 is 0 Å². The summed E-state index contributed by atoms with van der Waals surface area (Å²) in [7, 11) is 0. The molecule has 0 N–H and O–H groups in total. The Hall–Kier alpha value is -1.94. The van der Waals surface area contributed by atoms with E-state index in [-0.39, 0.29) is 0 Å². The highest BCUT2D eigenvalue weighted by Crippen LogP contribution is 2.29. The number of aromatic nitrogens is 4. The molecule has 0 unspecified atom stereocenters. The summed E-state index contributed by atoms with van der Waals surface area (Å²) in [6, 6.07) is 2.20. The second-order valence-corrected chi connectivity index (χ2v) is 4.75. The van der Waals surface area contributed by atoms with Crippen LogP contribution in [-0.4, -0.2) is 20.4 Å². The summed E-state index contributed by atoms with van der Waals surface area (Å²) in [6.45, 7) is 5.71. The molecule has 0 fully saturated rings. The third kappa shape index (κ3) is 2.74. The lowest BCUT2D eigenvalue weighted by atomic mass is 10.1. The van der Waals surface area contributed by atoms with Gasteiger partial charge in [0.2, 0.25) is 5.89 Å². The van der Waals surface area contributed by atoms with E-state index < -0.39 is 0 Å². The van der Waals surface area contributed by atoms with Gasteiger partial charge in [-0.15, -0.1) is 15.3 Å². The van der Waals surface area contributed by atoms with Gasteiger partial charge in [-0.2, -0.15) is 10.4 Å². The average molecular weight is 275 g/mol. The predicted octanol–water partition coefficient (Wildman–Crippen LogP) is 2.32. The van der Waals surface area contributed by atoms with Gasteiger partial charge >= 0.3 is 0 Å². The Morgan fingerprint density at radius 3 is 2.47 bits per heavy atom. The molecule has 6 nitrogen and oxygen atoms in total. The van der Waals surface area contributed by atoms with Gasteiger partial charge < -0.3 is 4.42 Å². The standard InChI is InChI=1S/C12H13N5OS/c1-4-8-9(6-13)11(16-15-10(8)5-2)19-12-17-14-7(3)18-12/h4-5H2,1-3H3. The van der Waals surface area contributed by atoms with E-state index >= 15 is 0 Å². The van der Waals surface area contributed by atoms with Gasteiger partial charge in [0.1, 0.15) is 11.1 Å². The van der Waals surface area contributed by atoms with Gasteiger partial charge in [0.25, 0.3) is 5.22 Å². The Kier molecular flexibility index (Phi) is 4.12. The summed E-state index contributed by atoms with van der Waals surface area (Å²) in [6.07, 6.45) is 1.51. The Balaban J connectivity index is 2.43. The molecule has 0 bridgehead atoms. The summed E-state index contributed by atoms with van der Waals surface area (Å²) in [5.41, 5.74) is 2.36. The SMILES string of the molecule is CCc1nnc(Sc2nnc(C)o2)c(C#N)c1CC. The van der Waals surface area contributed by atoms with E-state index in [4.69, 9.17) is 4.42 Å². The van der Waals surface area contributed by atoms with E-state index in [1.807, 2.05) is 13.8 Å². The molecule has 0 aromatic carbocycles. The molecular weight excluding hydrogens is 262 g/mol. The fourth-order valence-electron chi connectivity index (χ4n) is 1.74. The molecule has 7 heteroatoms. The van der Waals surface area contributed by atoms with Crippen LogP contribution in [0.3, 0.4) is 0 Å². The molecule has 2 rings (SSSR count). The van der Waals surface area contributed by atoms with Gasteiger partial charge in [0.15, 0.2) is 0 Å². The summed E-state index contributed by atoms with van der Waals surface area (Å²) in [5, 5.41) is 26.1. The van der Waals surface area contributed by atoms with E-state index in [1.165, 1.54) is 11.8 Å². The van der Waals surface area contributed by atoms with Crippen molar-refractivity contribution in [3.05, 3.63) is 22.7 Å². The van der Waals surface area contributed by atoms with Gasteiger partial charge in [-0.25, -0.2) is 0 Å². The lowest BCUT2D eigenvalue weighted by Crippen LogP contribution is -2.04. The van der Waals surface area contributed by atoms with Gasteiger partial charge in [-0.05, 0) is 30.2 Å². The molecule has 0 saturated carbocycles. The lowest BCUT2D eigenvalue weighted by Gasteiger charge is -2.08. The maximum Gasteiger partial charge on any atom is 0.283 e. The maximum atomic E-state index is 9.34. The van der Waals surface area contributed by atoms with Crippen LogP contribution in [0.25, 0.3) is 0 Å². The van der Waals surface area contributed by atoms with E-state index in [1.54, 1.807) is 6.92 Å². The first-order valence-corrected chi connectivity index (χ1v) is 6.77. The van der Waals surface area contributed by atoms with Gasteiger partial charge in [0, 0.05) is 6.92 Å². The molecule has 2 heterocycles. The summed E-state index contributed by atoms with van der Waals surface area (Å²) < 4.78 is 5.28. The zero-order chi connectivity index (χ0) is 13.8. The monoisotopic (exact) mass is 275 g/mol. The average Bonchev–Trinajstić information content (AvgIpc) is 2.83. The first kappa shape index (κ1) is 13.5. The van der Waals surface area contributed by atoms with E-state index in [9.17, 15) is 5.26 Å². The highest BCUT2D eigenvalue weighted by atomic mass is 32.2. The molecule has 0 aliphatic heterocycles. The molecule has 0 saturated heterocycles. The van der Waals surface area contributed by atoms with Crippen LogP contribution in [0.4, 0.5) is 0 Å². The van der Waals surface area contributed by atoms with Gasteiger partial charge in [0.05, 0.1) is 11.3 Å². The van der Waals surface area contributed by atoms with Crippen molar-refractivity contribution in [3.63, 3.8) is 0 Å². The highest BCUT2D eigenvalue weighted by Gasteiger charge is 2.17. The molecule has 2 aromatic heterocycles. The number of hydrogen-bond acceptors (Lipinski definition) is 7. The zero-order valence-corrected chi connectivity index (χ0v) is 11.8. The van der Waals surface area contributed by atoms with E-state index in [0.29, 0.717) is 21.7 Å². The third-order valence-electron chi connectivity index (χ3n) is 2.62. The quantitative estimate of drug-likeness (QED) is 0.845. The van der Waals surface area contributed by atoms with Crippen molar-refractivity contribution in [1.82, 2.24) is 20.4 Å². The molecule has 0 aliphatic rings. The zero-order valence-electron chi connectivity index (χ0n) is 11.0. The predicted molar refractivity (Wildman–Crippen MR) is 68.7 cm³/mol. The number of nitriles is 1. The van der Waals surface area contributed by atoms with Crippen LogP contribution in [0.15, 0.2) is 14.7 Å². The maximum absolute atomic E-state index is 9.34. The van der Waals surface area contributed by atoms with Crippen molar-refractivity contribution in [2.75, 3.05) is 0 Å². The number of nitrogens with zero attached hydrogens (tertiary/aromatic N) is 5. The van der Waals surface area contributed by atoms with Crippen LogP contribution in [0.5, 0.6) is 0 Å². The second kappa shape index (κ2) is 5.80. The Morgan fingerprint density at radius 2 is 1.95 bits per heavy atom. The van der Waals surface area contributed by atoms with Crippen LogP contribution in [0.2, 0.25) is 0 Å². The van der Waals surface area contributed by atoms with Crippen molar-refractivity contribution in [2.24, 2.45) is 0 Å². The molecule has 19 heavy (non-hydrogen) atoms. The van der Waals surface area contributed by atoms with Crippen LogP contribution in [0, 0.1) is 18.3 Å². The highest BCUT2D eigenvalue weighted by molar-refractivity contribution is 7.99. The van der Waals surface area contributed by atoms with Crippen LogP contribution >= 0.6 is 11.8 Å². The minimum Gasteiger partial charge on any atom is -0.416 e. The van der Waals surface area contributed by atoms with E-state index in [2.05, 4.69) is 26.5 Å². The van der Waals surface area contributed by atoms with Gasteiger partial charge in [-0.3, -0.25) is 0 Å². The second-order valence-electron chi connectivity index (χ2n) is 3.81. The number of hydrogen-bond donors (Lipinski definition) is 0. The normalized spacial score (nSPS) is 10.4. The minimum atomic E-state index is 0.370. The summed E-state index contributed by atoms with van der Waals surface area (Å²) in [4.78, 5) is 0. The van der Waals surface area contributed by atoms with Crippen molar-refractivity contribution in [1.29, 1.82) is 5.26 Å². The molecule has 0 amide bonds. The van der Waals surface area contributed by atoms with E-state index in [0.717, 1.165) is 24.1 Å². The fourth-order valence-corrected chi connectivity index (χ4v) is 2.51. The van der Waals surface area contributed by atoms with Crippen LogP contribution in [-0.2, 0) is 12.8 Å². The molecule has 0 spiro atoms.